The Labute approximate surface area is 158 Å². The monoisotopic (exact) mass is 362 g/mol. The summed E-state index contributed by atoms with van der Waals surface area (Å²) >= 11 is 0. The molecule has 0 bridgehead atoms. The Morgan fingerprint density at radius 2 is 1.96 bits per heavy atom. The number of benzene rings is 1. The Balaban J connectivity index is 1.51. The summed E-state index contributed by atoms with van der Waals surface area (Å²) in [6.45, 7) is 3.49. The molecule has 3 heterocycles. The second-order valence-electron chi connectivity index (χ2n) is 6.88. The van der Waals surface area contributed by atoms with Crippen LogP contribution in [0.3, 0.4) is 0 Å². The van der Waals surface area contributed by atoms with Gasteiger partial charge in [0, 0.05) is 48.7 Å². The number of carbonyl (C=O) groups is 1. The van der Waals surface area contributed by atoms with Gasteiger partial charge in [0.15, 0.2) is 0 Å². The van der Waals surface area contributed by atoms with Crippen LogP contribution in [0.2, 0.25) is 0 Å². The van der Waals surface area contributed by atoms with E-state index in [0.717, 1.165) is 35.2 Å². The van der Waals surface area contributed by atoms with Crippen LogP contribution in [0, 0.1) is 6.92 Å². The lowest BCUT2D eigenvalue weighted by atomic mass is 9.91. The highest BCUT2D eigenvalue weighted by molar-refractivity contribution is 5.92. The molecule has 138 valence electrons. The molecule has 6 nitrogen and oxygen atoms in total. The summed E-state index contributed by atoms with van der Waals surface area (Å²) in [5.41, 5.74) is 2.63. The number of nitrogens with zero attached hydrogens (tertiary/aromatic N) is 4. The van der Waals surface area contributed by atoms with Crippen LogP contribution in [0.4, 0.5) is 0 Å². The van der Waals surface area contributed by atoms with E-state index in [0.29, 0.717) is 24.7 Å². The lowest BCUT2D eigenvalue weighted by Gasteiger charge is -2.31. The summed E-state index contributed by atoms with van der Waals surface area (Å²) in [5.74, 6) is 1.20. The number of pyridine rings is 1. The summed E-state index contributed by atoms with van der Waals surface area (Å²) < 4.78 is 5.45. The molecule has 0 radical (unpaired) electrons. The molecule has 27 heavy (non-hydrogen) atoms. The third kappa shape index (κ3) is 3.35. The molecule has 0 aliphatic carbocycles. The molecule has 2 aromatic heterocycles. The number of fused-ring (bicyclic) bond motifs is 1. The average molecular weight is 362 g/mol. The minimum absolute atomic E-state index is 0.0476. The minimum atomic E-state index is -0.0476. The molecule has 1 amide bonds. The zero-order valence-corrected chi connectivity index (χ0v) is 15.6. The molecule has 1 aromatic carbocycles. The molecule has 0 spiro atoms. The van der Waals surface area contributed by atoms with Crippen molar-refractivity contribution in [2.24, 2.45) is 0 Å². The average Bonchev–Trinajstić information content (AvgIpc) is 2.74. The Kier molecular flexibility index (Phi) is 4.71. The maximum atomic E-state index is 12.5. The van der Waals surface area contributed by atoms with Gasteiger partial charge in [0.2, 0.25) is 0 Å². The molecule has 1 fully saturated rings. The van der Waals surface area contributed by atoms with Gasteiger partial charge in [-0.3, -0.25) is 14.8 Å². The van der Waals surface area contributed by atoms with Crippen molar-refractivity contribution in [3.63, 3.8) is 0 Å². The second-order valence-corrected chi connectivity index (χ2v) is 6.88. The molecule has 0 atom stereocenters. The van der Waals surface area contributed by atoms with E-state index in [9.17, 15) is 4.79 Å². The Bertz CT molecular complexity index is 967. The fraction of sp³-hybridized carbons (Fsp3) is 0.333. The molecular formula is C21H22N4O2. The van der Waals surface area contributed by atoms with Gasteiger partial charge in [-0.1, -0.05) is 0 Å². The Morgan fingerprint density at radius 1 is 1.15 bits per heavy atom. The largest absolute Gasteiger partial charge is 0.496 e. The van der Waals surface area contributed by atoms with E-state index in [1.165, 1.54) is 11.6 Å². The Morgan fingerprint density at radius 3 is 2.67 bits per heavy atom. The van der Waals surface area contributed by atoms with Crippen molar-refractivity contribution in [3.8, 4) is 5.75 Å². The standard InChI is InChI=1S/C21H22N4O2/c1-14-17-11-18(24-12-16(17)3-4-20(14)27-2)15-5-9-25(10-6-15)21(26)19-13-22-7-8-23-19/h3-4,7-8,11-13,15H,5-6,9-10H2,1-2H3. The van der Waals surface area contributed by atoms with Gasteiger partial charge >= 0.3 is 0 Å². The zero-order valence-electron chi connectivity index (χ0n) is 15.6. The predicted octanol–water partition coefficient (Wildman–Crippen LogP) is 3.36. The topological polar surface area (TPSA) is 68.2 Å². The third-order valence-electron chi connectivity index (χ3n) is 5.35. The van der Waals surface area contributed by atoms with E-state index in [4.69, 9.17) is 4.74 Å². The number of methoxy groups -OCH3 is 1. The van der Waals surface area contributed by atoms with Crippen molar-refractivity contribution in [1.82, 2.24) is 19.9 Å². The van der Waals surface area contributed by atoms with Gasteiger partial charge in [-0.25, -0.2) is 4.98 Å². The minimum Gasteiger partial charge on any atom is -0.496 e. The molecular weight excluding hydrogens is 340 g/mol. The lowest BCUT2D eigenvalue weighted by Crippen LogP contribution is -2.38. The van der Waals surface area contributed by atoms with Gasteiger partial charge in [-0.15, -0.1) is 0 Å². The maximum absolute atomic E-state index is 12.5. The van der Waals surface area contributed by atoms with Crippen LogP contribution >= 0.6 is 0 Å². The number of piperidine rings is 1. The molecule has 0 saturated carbocycles. The molecule has 1 saturated heterocycles. The molecule has 6 heteroatoms. The number of carbonyl (C=O) groups excluding carboxylic acids is 1. The number of likely N-dealkylation sites (tertiary alicyclic amines) is 1. The normalized spacial score (nSPS) is 15.1. The molecule has 0 N–H and O–H groups in total. The molecule has 1 aliphatic rings. The Hall–Kier alpha value is -3.02. The number of amides is 1. The van der Waals surface area contributed by atoms with Crippen LogP contribution < -0.4 is 4.74 Å². The van der Waals surface area contributed by atoms with Gasteiger partial charge in [0.05, 0.1) is 13.3 Å². The van der Waals surface area contributed by atoms with Crippen molar-refractivity contribution in [2.45, 2.75) is 25.7 Å². The first-order chi connectivity index (χ1) is 13.2. The van der Waals surface area contributed by atoms with E-state index < -0.39 is 0 Å². The van der Waals surface area contributed by atoms with Gasteiger partial charge in [0.25, 0.3) is 5.91 Å². The highest BCUT2D eigenvalue weighted by Crippen LogP contribution is 2.32. The van der Waals surface area contributed by atoms with E-state index in [1.54, 1.807) is 19.5 Å². The van der Waals surface area contributed by atoms with E-state index in [1.807, 2.05) is 23.2 Å². The van der Waals surface area contributed by atoms with Crippen molar-refractivity contribution in [3.05, 3.63) is 59.9 Å². The lowest BCUT2D eigenvalue weighted by molar-refractivity contribution is 0.0705. The number of hydrogen-bond donors (Lipinski definition) is 0. The van der Waals surface area contributed by atoms with Crippen molar-refractivity contribution < 1.29 is 9.53 Å². The van der Waals surface area contributed by atoms with Crippen LogP contribution in [0.15, 0.2) is 43.0 Å². The van der Waals surface area contributed by atoms with Crippen LogP contribution in [0.1, 0.15) is 40.5 Å². The van der Waals surface area contributed by atoms with Crippen LogP contribution in [0.5, 0.6) is 5.75 Å². The number of rotatable bonds is 3. The number of hydrogen-bond acceptors (Lipinski definition) is 5. The van der Waals surface area contributed by atoms with E-state index >= 15 is 0 Å². The first-order valence-electron chi connectivity index (χ1n) is 9.16. The fourth-order valence-electron chi connectivity index (χ4n) is 3.76. The van der Waals surface area contributed by atoms with Crippen molar-refractivity contribution >= 4 is 16.7 Å². The van der Waals surface area contributed by atoms with Gasteiger partial charge < -0.3 is 9.64 Å². The smallest absolute Gasteiger partial charge is 0.274 e. The quantitative estimate of drug-likeness (QED) is 0.715. The van der Waals surface area contributed by atoms with E-state index in [2.05, 4.69) is 27.9 Å². The van der Waals surface area contributed by atoms with Gasteiger partial charge in [-0.05, 0) is 48.9 Å². The van der Waals surface area contributed by atoms with E-state index in [-0.39, 0.29) is 5.91 Å². The number of ether oxygens (including phenoxy) is 1. The summed E-state index contributed by atoms with van der Waals surface area (Å²) in [5, 5.41) is 2.30. The molecule has 3 aromatic rings. The SMILES string of the molecule is COc1ccc2cnc(C3CCN(C(=O)c4cnccn4)CC3)cc2c1C. The van der Waals surface area contributed by atoms with Gasteiger partial charge in [0.1, 0.15) is 11.4 Å². The van der Waals surface area contributed by atoms with Crippen LogP contribution in [-0.2, 0) is 0 Å². The van der Waals surface area contributed by atoms with Crippen LogP contribution in [-0.4, -0.2) is 46.0 Å². The molecule has 1 aliphatic heterocycles. The van der Waals surface area contributed by atoms with Gasteiger partial charge in [-0.2, -0.15) is 0 Å². The van der Waals surface area contributed by atoms with Crippen molar-refractivity contribution in [2.75, 3.05) is 20.2 Å². The van der Waals surface area contributed by atoms with Crippen LogP contribution in [0.25, 0.3) is 10.8 Å². The maximum Gasteiger partial charge on any atom is 0.274 e. The highest BCUT2D eigenvalue weighted by atomic mass is 16.5. The summed E-state index contributed by atoms with van der Waals surface area (Å²) in [7, 11) is 1.69. The summed E-state index contributed by atoms with van der Waals surface area (Å²) in [6.07, 6.45) is 8.38. The van der Waals surface area contributed by atoms with Crippen molar-refractivity contribution in [1.29, 1.82) is 0 Å². The number of aromatic nitrogens is 3. The molecule has 4 rings (SSSR count). The highest BCUT2D eigenvalue weighted by Gasteiger charge is 2.26. The first kappa shape index (κ1) is 17.4. The molecule has 0 unspecified atom stereocenters. The first-order valence-corrected chi connectivity index (χ1v) is 9.16. The summed E-state index contributed by atoms with van der Waals surface area (Å²) in [4.78, 5) is 27.2. The number of aryl methyl sites for hydroxylation is 1. The predicted molar refractivity (Wildman–Crippen MR) is 103 cm³/mol. The summed E-state index contributed by atoms with van der Waals surface area (Å²) in [6, 6.07) is 6.20. The second kappa shape index (κ2) is 7.31. The zero-order chi connectivity index (χ0) is 18.8. The fourth-order valence-corrected chi connectivity index (χ4v) is 3.76. The third-order valence-corrected chi connectivity index (χ3v) is 5.35.